The third-order valence-electron chi connectivity index (χ3n) is 6.51. The highest BCUT2D eigenvalue weighted by atomic mass is 19.4. The summed E-state index contributed by atoms with van der Waals surface area (Å²) in [6.45, 7) is 4.20. The van der Waals surface area contributed by atoms with E-state index in [1.165, 1.54) is 12.1 Å². The lowest BCUT2D eigenvalue weighted by Gasteiger charge is -2.30. The Bertz CT molecular complexity index is 1310. The van der Waals surface area contributed by atoms with Crippen molar-refractivity contribution in [2.75, 3.05) is 0 Å². The summed E-state index contributed by atoms with van der Waals surface area (Å²) < 4.78 is 52.8. The first-order chi connectivity index (χ1) is 15.3. The van der Waals surface area contributed by atoms with Crippen molar-refractivity contribution in [3.05, 3.63) is 78.0 Å². The molecule has 2 aromatic heterocycles. The van der Waals surface area contributed by atoms with E-state index < -0.39 is 11.7 Å². The molecule has 0 unspecified atom stereocenters. The molecule has 0 bridgehead atoms. The summed E-state index contributed by atoms with van der Waals surface area (Å²) in [5, 5.41) is 0.854. The zero-order chi connectivity index (χ0) is 22.5. The van der Waals surface area contributed by atoms with Gasteiger partial charge in [-0.15, -0.1) is 0 Å². The number of aromatic amines is 1. The summed E-state index contributed by atoms with van der Waals surface area (Å²) in [6, 6.07) is 10.2. The van der Waals surface area contributed by atoms with Gasteiger partial charge in [0, 0.05) is 11.6 Å². The number of aromatic nitrogens is 3. The second-order valence-corrected chi connectivity index (χ2v) is 8.45. The fourth-order valence-corrected chi connectivity index (χ4v) is 4.78. The maximum absolute atomic E-state index is 13.8. The van der Waals surface area contributed by atoms with Crippen LogP contribution in [0.4, 0.5) is 17.6 Å². The quantitative estimate of drug-likeness (QED) is 0.342. The van der Waals surface area contributed by atoms with Gasteiger partial charge in [0.05, 0.1) is 22.1 Å². The number of pyridine rings is 1. The molecule has 0 aliphatic heterocycles. The number of hydrogen-bond acceptors (Lipinski definition) is 2. The van der Waals surface area contributed by atoms with Gasteiger partial charge in [-0.25, -0.2) is 9.37 Å². The number of nitrogens with one attached hydrogen (secondary N) is 1. The van der Waals surface area contributed by atoms with Crippen LogP contribution >= 0.6 is 0 Å². The summed E-state index contributed by atoms with van der Waals surface area (Å²) in [5.41, 5.74) is 2.87. The predicted molar refractivity (Wildman–Crippen MR) is 117 cm³/mol. The molecule has 2 aromatic carbocycles. The van der Waals surface area contributed by atoms with Crippen molar-refractivity contribution in [3.8, 4) is 0 Å². The van der Waals surface area contributed by atoms with Gasteiger partial charge in [0.25, 0.3) is 0 Å². The van der Waals surface area contributed by atoms with Crippen LogP contribution in [0.5, 0.6) is 0 Å². The summed E-state index contributed by atoms with van der Waals surface area (Å²) in [6.07, 6.45) is 0.968. The van der Waals surface area contributed by atoms with E-state index >= 15 is 0 Å². The van der Waals surface area contributed by atoms with Gasteiger partial charge in [-0.1, -0.05) is 6.58 Å². The van der Waals surface area contributed by atoms with Crippen LogP contribution in [-0.4, -0.2) is 15.0 Å². The average Bonchev–Trinajstić information content (AvgIpc) is 3.21. The maximum atomic E-state index is 13.8. The van der Waals surface area contributed by atoms with Crippen molar-refractivity contribution in [2.45, 2.75) is 37.8 Å². The Kier molecular flexibility index (Phi) is 4.99. The first-order valence-electron chi connectivity index (χ1n) is 10.6. The second kappa shape index (κ2) is 7.73. The minimum Gasteiger partial charge on any atom is -0.338 e. The van der Waals surface area contributed by atoms with Gasteiger partial charge < -0.3 is 4.98 Å². The summed E-state index contributed by atoms with van der Waals surface area (Å²) >= 11 is 0. The van der Waals surface area contributed by atoms with Crippen LogP contribution in [-0.2, 0) is 6.18 Å². The number of rotatable bonds is 3. The standard InChI is InChI=1S/C25H21F4N3/c1-14(24-31-22-8-6-17(25(27,28)29)12-23(22)32-24)15-2-4-16(5-3-15)19-10-11-30-21-9-7-18(26)13-20(19)21/h6-13,15-16H,1-5H2,(H,31,32). The van der Waals surface area contributed by atoms with Crippen LogP contribution in [0.2, 0.25) is 0 Å². The molecule has 7 heteroatoms. The zero-order valence-corrected chi connectivity index (χ0v) is 17.2. The molecule has 1 N–H and O–H groups in total. The number of H-pyrrole nitrogens is 1. The van der Waals surface area contributed by atoms with Gasteiger partial charge in [0.15, 0.2) is 0 Å². The van der Waals surface area contributed by atoms with Gasteiger partial charge in [0.1, 0.15) is 11.6 Å². The van der Waals surface area contributed by atoms with E-state index in [1.54, 1.807) is 18.3 Å². The predicted octanol–water partition coefficient (Wildman–Crippen LogP) is 7.26. The Balaban J connectivity index is 1.33. The second-order valence-electron chi connectivity index (χ2n) is 8.45. The van der Waals surface area contributed by atoms with Gasteiger partial charge in [-0.3, -0.25) is 4.98 Å². The highest BCUT2D eigenvalue weighted by Crippen LogP contribution is 2.42. The molecule has 1 aliphatic rings. The number of alkyl halides is 3. The molecule has 164 valence electrons. The third kappa shape index (κ3) is 3.76. The largest absolute Gasteiger partial charge is 0.416 e. The van der Waals surface area contributed by atoms with Gasteiger partial charge >= 0.3 is 6.18 Å². The average molecular weight is 439 g/mol. The van der Waals surface area contributed by atoms with E-state index in [1.807, 2.05) is 6.07 Å². The van der Waals surface area contributed by atoms with E-state index in [0.717, 1.165) is 59.9 Å². The number of benzene rings is 2. The molecule has 1 fully saturated rings. The molecule has 0 radical (unpaired) electrons. The molecule has 3 nitrogen and oxygen atoms in total. The number of nitrogens with zero attached hydrogens (tertiary/aromatic N) is 2. The molecule has 4 aromatic rings. The normalized spacial score (nSPS) is 19.5. The van der Waals surface area contributed by atoms with E-state index in [2.05, 4.69) is 21.5 Å². The Morgan fingerprint density at radius 2 is 1.72 bits per heavy atom. The van der Waals surface area contributed by atoms with Gasteiger partial charge in [0.2, 0.25) is 0 Å². The Hall–Kier alpha value is -3.22. The zero-order valence-electron chi connectivity index (χ0n) is 17.2. The van der Waals surface area contributed by atoms with E-state index in [9.17, 15) is 17.6 Å². The van der Waals surface area contributed by atoms with E-state index in [-0.39, 0.29) is 11.7 Å². The monoisotopic (exact) mass is 439 g/mol. The fourth-order valence-electron chi connectivity index (χ4n) is 4.78. The minimum atomic E-state index is -4.39. The van der Waals surface area contributed by atoms with Crippen molar-refractivity contribution >= 4 is 27.5 Å². The maximum Gasteiger partial charge on any atom is 0.416 e. The van der Waals surface area contributed by atoms with Crippen LogP contribution in [0.1, 0.15) is 48.6 Å². The lowest BCUT2D eigenvalue weighted by atomic mass is 9.75. The lowest BCUT2D eigenvalue weighted by molar-refractivity contribution is -0.137. The van der Waals surface area contributed by atoms with Crippen molar-refractivity contribution in [1.29, 1.82) is 0 Å². The van der Waals surface area contributed by atoms with Gasteiger partial charge in [-0.05, 0) is 91.1 Å². The number of allylic oxidation sites excluding steroid dienone is 1. The van der Waals surface area contributed by atoms with Crippen LogP contribution in [0.25, 0.3) is 27.5 Å². The smallest absolute Gasteiger partial charge is 0.338 e. The molecule has 1 aliphatic carbocycles. The van der Waals surface area contributed by atoms with Gasteiger partial charge in [-0.2, -0.15) is 13.2 Å². The first-order valence-corrected chi connectivity index (χ1v) is 10.6. The van der Waals surface area contributed by atoms with Crippen LogP contribution in [0, 0.1) is 11.7 Å². The van der Waals surface area contributed by atoms with Crippen molar-refractivity contribution in [3.63, 3.8) is 0 Å². The molecule has 1 saturated carbocycles. The SMILES string of the molecule is C=C(c1nc2ccc(C(F)(F)F)cc2[nH]1)C1CCC(c2ccnc3ccc(F)cc23)CC1. The summed E-state index contributed by atoms with van der Waals surface area (Å²) in [5.74, 6) is 0.765. The van der Waals surface area contributed by atoms with Crippen molar-refractivity contribution in [1.82, 2.24) is 15.0 Å². The topological polar surface area (TPSA) is 41.6 Å². The summed E-state index contributed by atoms with van der Waals surface area (Å²) in [7, 11) is 0. The molecule has 5 rings (SSSR count). The first kappa shape index (κ1) is 20.7. The molecule has 2 heterocycles. The van der Waals surface area contributed by atoms with E-state index in [4.69, 9.17) is 0 Å². The molecule has 0 atom stereocenters. The lowest BCUT2D eigenvalue weighted by Crippen LogP contribution is -2.15. The van der Waals surface area contributed by atoms with Crippen molar-refractivity contribution < 1.29 is 17.6 Å². The third-order valence-corrected chi connectivity index (χ3v) is 6.51. The number of halogens is 4. The van der Waals surface area contributed by atoms with Crippen LogP contribution in [0.3, 0.4) is 0 Å². The van der Waals surface area contributed by atoms with E-state index in [0.29, 0.717) is 22.8 Å². The van der Waals surface area contributed by atoms with Crippen molar-refractivity contribution in [2.24, 2.45) is 5.92 Å². The summed E-state index contributed by atoms with van der Waals surface area (Å²) in [4.78, 5) is 11.8. The fraction of sp³-hybridized carbons (Fsp3) is 0.280. The Labute approximate surface area is 182 Å². The Morgan fingerprint density at radius 1 is 0.969 bits per heavy atom. The molecular formula is C25H21F4N3. The molecular weight excluding hydrogens is 418 g/mol. The number of fused-ring (bicyclic) bond motifs is 2. The Morgan fingerprint density at radius 3 is 2.47 bits per heavy atom. The minimum absolute atomic E-state index is 0.193. The highest BCUT2D eigenvalue weighted by Gasteiger charge is 2.31. The molecule has 0 spiro atoms. The number of hydrogen-bond donors (Lipinski definition) is 1. The molecule has 0 saturated heterocycles. The molecule has 0 amide bonds. The van der Waals surface area contributed by atoms with Crippen LogP contribution < -0.4 is 0 Å². The van der Waals surface area contributed by atoms with Crippen LogP contribution in [0.15, 0.2) is 55.2 Å². The highest BCUT2D eigenvalue weighted by molar-refractivity contribution is 5.83. The molecule has 32 heavy (non-hydrogen) atoms. The number of imidazole rings is 1.